The topological polar surface area (TPSA) is 39.8 Å². The highest BCUT2D eigenvalue weighted by molar-refractivity contribution is 5.40. The van der Waals surface area contributed by atoms with Gasteiger partial charge in [-0.3, -0.25) is 4.79 Å². The van der Waals surface area contributed by atoms with Gasteiger partial charge < -0.3 is 4.57 Å². The van der Waals surface area contributed by atoms with E-state index in [9.17, 15) is 22.4 Å². The summed E-state index contributed by atoms with van der Waals surface area (Å²) < 4.78 is 54.8. The number of benzene rings is 1. The SMILES string of the molecule is O=c1c(C(F)(F)F)cccn1Cc1nn(-c2ccc(F)cc2)c2c1CCC2. The molecule has 4 rings (SSSR count). The Labute approximate surface area is 151 Å². The molecule has 0 atom stereocenters. The first-order valence-corrected chi connectivity index (χ1v) is 8.47. The van der Waals surface area contributed by atoms with Crippen molar-refractivity contribution in [2.45, 2.75) is 32.0 Å². The third-order valence-electron chi connectivity index (χ3n) is 4.73. The van der Waals surface area contributed by atoms with Gasteiger partial charge in [0.1, 0.15) is 11.4 Å². The number of pyridine rings is 1. The summed E-state index contributed by atoms with van der Waals surface area (Å²) in [7, 11) is 0. The average molecular weight is 377 g/mol. The Morgan fingerprint density at radius 1 is 1.07 bits per heavy atom. The summed E-state index contributed by atoms with van der Waals surface area (Å²) in [6.45, 7) is -0.0424. The zero-order valence-electron chi connectivity index (χ0n) is 14.1. The molecule has 0 fully saturated rings. The summed E-state index contributed by atoms with van der Waals surface area (Å²) in [5.74, 6) is -0.363. The monoisotopic (exact) mass is 377 g/mol. The van der Waals surface area contributed by atoms with Gasteiger partial charge in [0.25, 0.3) is 5.56 Å². The molecule has 0 bridgehead atoms. The summed E-state index contributed by atoms with van der Waals surface area (Å²) in [5.41, 5.74) is 0.860. The van der Waals surface area contributed by atoms with Crippen LogP contribution in [0.4, 0.5) is 17.6 Å². The van der Waals surface area contributed by atoms with E-state index < -0.39 is 17.3 Å². The molecule has 140 valence electrons. The van der Waals surface area contributed by atoms with Crippen LogP contribution in [0.1, 0.15) is 28.9 Å². The Morgan fingerprint density at radius 3 is 2.52 bits per heavy atom. The molecule has 0 aliphatic heterocycles. The molecule has 8 heteroatoms. The standard InChI is InChI=1S/C19H15F4N3O/c20-12-6-8-13(9-7-12)26-17-5-1-3-14(17)16(24-26)11-25-10-2-4-15(18(25)27)19(21,22)23/h2,4,6-10H,1,3,5,11H2. The van der Waals surface area contributed by atoms with E-state index in [0.717, 1.165) is 41.2 Å². The number of halogens is 4. The molecular formula is C19H15F4N3O. The summed E-state index contributed by atoms with van der Waals surface area (Å²) in [6.07, 6.45) is -0.943. The van der Waals surface area contributed by atoms with Crippen LogP contribution in [-0.2, 0) is 25.6 Å². The van der Waals surface area contributed by atoms with Crippen molar-refractivity contribution < 1.29 is 17.6 Å². The van der Waals surface area contributed by atoms with Gasteiger partial charge in [-0.2, -0.15) is 18.3 Å². The molecule has 0 saturated heterocycles. The summed E-state index contributed by atoms with van der Waals surface area (Å²) >= 11 is 0. The molecule has 1 aromatic carbocycles. The lowest BCUT2D eigenvalue weighted by atomic mass is 10.2. The summed E-state index contributed by atoms with van der Waals surface area (Å²) in [6, 6.07) is 7.84. The van der Waals surface area contributed by atoms with Crippen LogP contribution >= 0.6 is 0 Å². The molecule has 1 aliphatic rings. The van der Waals surface area contributed by atoms with E-state index in [-0.39, 0.29) is 12.4 Å². The molecular weight excluding hydrogens is 362 g/mol. The van der Waals surface area contributed by atoms with Crippen LogP contribution in [0.3, 0.4) is 0 Å². The first kappa shape index (κ1) is 17.5. The van der Waals surface area contributed by atoms with E-state index in [1.165, 1.54) is 24.4 Å². The summed E-state index contributed by atoms with van der Waals surface area (Å²) in [4.78, 5) is 12.2. The highest BCUT2D eigenvalue weighted by Crippen LogP contribution is 2.29. The van der Waals surface area contributed by atoms with Crippen LogP contribution in [0.15, 0.2) is 47.4 Å². The van der Waals surface area contributed by atoms with E-state index in [1.54, 1.807) is 16.8 Å². The van der Waals surface area contributed by atoms with E-state index >= 15 is 0 Å². The highest BCUT2D eigenvalue weighted by Gasteiger charge is 2.34. The molecule has 2 aromatic heterocycles. The van der Waals surface area contributed by atoms with Gasteiger partial charge in [-0.05, 0) is 61.2 Å². The van der Waals surface area contributed by atoms with Crippen molar-refractivity contribution in [2.75, 3.05) is 0 Å². The quantitative estimate of drug-likeness (QED) is 0.653. The van der Waals surface area contributed by atoms with Gasteiger partial charge in [0, 0.05) is 11.9 Å². The fourth-order valence-electron chi connectivity index (χ4n) is 3.48. The second kappa shape index (κ2) is 6.37. The Morgan fingerprint density at radius 2 is 1.81 bits per heavy atom. The van der Waals surface area contributed by atoms with Crippen molar-refractivity contribution in [3.8, 4) is 5.69 Å². The minimum Gasteiger partial charge on any atom is -0.309 e. The smallest absolute Gasteiger partial charge is 0.309 e. The fraction of sp³-hybridized carbons (Fsp3) is 0.263. The maximum Gasteiger partial charge on any atom is 0.421 e. The minimum absolute atomic E-state index is 0.0424. The van der Waals surface area contributed by atoms with Gasteiger partial charge in [-0.15, -0.1) is 0 Å². The van der Waals surface area contributed by atoms with Crippen LogP contribution in [-0.4, -0.2) is 14.3 Å². The normalized spacial score (nSPS) is 13.8. The molecule has 0 saturated carbocycles. The van der Waals surface area contributed by atoms with Crippen LogP contribution in [0.5, 0.6) is 0 Å². The first-order valence-electron chi connectivity index (χ1n) is 8.47. The van der Waals surface area contributed by atoms with Crippen LogP contribution in [0.25, 0.3) is 5.69 Å². The van der Waals surface area contributed by atoms with Crippen molar-refractivity contribution >= 4 is 0 Å². The van der Waals surface area contributed by atoms with Gasteiger partial charge in [0.05, 0.1) is 17.9 Å². The van der Waals surface area contributed by atoms with Gasteiger partial charge >= 0.3 is 6.18 Å². The molecule has 27 heavy (non-hydrogen) atoms. The van der Waals surface area contributed by atoms with Crippen LogP contribution in [0.2, 0.25) is 0 Å². The Balaban J connectivity index is 1.75. The lowest BCUT2D eigenvalue weighted by Crippen LogP contribution is -2.28. The maximum absolute atomic E-state index is 13.2. The molecule has 0 unspecified atom stereocenters. The average Bonchev–Trinajstić information content (AvgIpc) is 3.20. The van der Waals surface area contributed by atoms with Crippen molar-refractivity contribution in [1.82, 2.24) is 14.3 Å². The molecule has 3 aromatic rings. The number of rotatable bonds is 3. The minimum atomic E-state index is -4.70. The van der Waals surface area contributed by atoms with Gasteiger partial charge in [-0.1, -0.05) is 0 Å². The molecule has 0 radical (unpaired) electrons. The molecule has 0 spiro atoms. The van der Waals surface area contributed by atoms with Crippen LogP contribution in [0, 0.1) is 5.82 Å². The van der Waals surface area contributed by atoms with E-state index in [1.807, 2.05) is 0 Å². The predicted molar refractivity (Wildman–Crippen MR) is 90.4 cm³/mol. The molecule has 2 heterocycles. The first-order chi connectivity index (χ1) is 12.8. The molecule has 0 N–H and O–H groups in total. The van der Waals surface area contributed by atoms with Crippen LogP contribution < -0.4 is 5.56 Å². The Bertz CT molecular complexity index is 1050. The zero-order valence-corrected chi connectivity index (χ0v) is 14.1. The summed E-state index contributed by atoms with van der Waals surface area (Å²) in [5, 5.41) is 4.51. The number of nitrogens with zero attached hydrogens (tertiary/aromatic N) is 3. The lowest BCUT2D eigenvalue weighted by molar-refractivity contribution is -0.138. The number of hydrogen-bond acceptors (Lipinski definition) is 2. The van der Waals surface area contributed by atoms with Crippen molar-refractivity contribution in [2.24, 2.45) is 0 Å². The van der Waals surface area contributed by atoms with Crippen molar-refractivity contribution in [3.05, 3.63) is 81.3 Å². The third kappa shape index (κ3) is 3.15. The van der Waals surface area contributed by atoms with Gasteiger partial charge in [0.2, 0.25) is 0 Å². The second-order valence-corrected chi connectivity index (χ2v) is 6.47. The zero-order chi connectivity index (χ0) is 19.2. The maximum atomic E-state index is 13.2. The van der Waals surface area contributed by atoms with Crippen molar-refractivity contribution in [1.29, 1.82) is 0 Å². The predicted octanol–water partition coefficient (Wildman–Crippen LogP) is 3.73. The van der Waals surface area contributed by atoms with E-state index in [2.05, 4.69) is 5.10 Å². The lowest BCUT2D eigenvalue weighted by Gasteiger charge is -2.10. The highest BCUT2D eigenvalue weighted by atomic mass is 19.4. The Kier molecular flexibility index (Phi) is 4.13. The number of alkyl halides is 3. The Hall–Kier alpha value is -2.90. The molecule has 0 amide bonds. The molecule has 4 nitrogen and oxygen atoms in total. The molecule has 1 aliphatic carbocycles. The fourth-order valence-corrected chi connectivity index (χ4v) is 3.48. The largest absolute Gasteiger partial charge is 0.421 e. The number of aromatic nitrogens is 3. The number of fused-ring (bicyclic) bond motifs is 1. The second-order valence-electron chi connectivity index (χ2n) is 6.47. The van der Waals surface area contributed by atoms with Gasteiger partial charge in [0.15, 0.2) is 0 Å². The number of hydrogen-bond donors (Lipinski definition) is 0. The van der Waals surface area contributed by atoms with E-state index in [0.29, 0.717) is 11.4 Å². The van der Waals surface area contributed by atoms with Crippen molar-refractivity contribution in [3.63, 3.8) is 0 Å². The third-order valence-corrected chi connectivity index (χ3v) is 4.73. The van der Waals surface area contributed by atoms with E-state index in [4.69, 9.17) is 0 Å². The van der Waals surface area contributed by atoms with Gasteiger partial charge in [-0.25, -0.2) is 9.07 Å².